The van der Waals surface area contributed by atoms with Crippen LogP contribution in [0.3, 0.4) is 0 Å². The van der Waals surface area contributed by atoms with Crippen LogP contribution >= 0.6 is 0 Å². The topological polar surface area (TPSA) is 56.3 Å². The smallest absolute Gasteiger partial charge is 0.328 e. The quantitative estimate of drug-likeness (QED) is 0.440. The van der Waals surface area contributed by atoms with Crippen molar-refractivity contribution in [3.05, 3.63) is 88.1 Å². The van der Waals surface area contributed by atoms with Gasteiger partial charge < -0.3 is 10.1 Å². The first-order valence-electron chi connectivity index (χ1n) is 10.4. The number of nitrogens with zero attached hydrogens (tertiary/aromatic N) is 1. The van der Waals surface area contributed by atoms with Gasteiger partial charge in [-0.2, -0.15) is 0 Å². The Morgan fingerprint density at radius 2 is 1.94 bits per heavy atom. The number of fused-ring (bicyclic) bond motifs is 3. The van der Waals surface area contributed by atoms with Crippen molar-refractivity contribution in [1.29, 1.82) is 0 Å². The summed E-state index contributed by atoms with van der Waals surface area (Å²) < 4.78 is 30.6. The first kappa shape index (κ1) is 19.7. The average Bonchev–Trinajstić information content (AvgIpc) is 3.08. The molecule has 5 rings (SSSR count). The summed E-state index contributed by atoms with van der Waals surface area (Å²) in [6.07, 6.45) is 7.14. The number of para-hydroxylation sites is 1. The maximum absolute atomic E-state index is 15.3. The number of carboxylic acids is 1. The van der Waals surface area contributed by atoms with Gasteiger partial charge in [-0.1, -0.05) is 29.8 Å². The SMILES string of the molecule is O=C(O)/C=C/c1cc(F)c([C@@H]2c3[nH]c4ccccc4c3CCN2CC2=CCC2)c(F)c1. The van der Waals surface area contributed by atoms with Crippen molar-refractivity contribution in [2.45, 2.75) is 25.3 Å². The van der Waals surface area contributed by atoms with Gasteiger partial charge in [0.25, 0.3) is 0 Å². The summed E-state index contributed by atoms with van der Waals surface area (Å²) in [5.74, 6) is -2.51. The van der Waals surface area contributed by atoms with Crippen LogP contribution in [0.4, 0.5) is 8.78 Å². The van der Waals surface area contributed by atoms with Crippen LogP contribution in [-0.2, 0) is 11.2 Å². The van der Waals surface area contributed by atoms with Gasteiger partial charge in [-0.05, 0) is 54.7 Å². The van der Waals surface area contributed by atoms with Crippen molar-refractivity contribution >= 4 is 22.9 Å². The van der Waals surface area contributed by atoms with Gasteiger partial charge >= 0.3 is 5.97 Å². The molecule has 2 aromatic carbocycles. The van der Waals surface area contributed by atoms with E-state index in [1.165, 1.54) is 23.8 Å². The fourth-order valence-corrected chi connectivity index (χ4v) is 4.67. The van der Waals surface area contributed by atoms with E-state index in [0.29, 0.717) is 13.1 Å². The van der Waals surface area contributed by atoms with Crippen LogP contribution in [0.1, 0.15) is 41.3 Å². The first-order chi connectivity index (χ1) is 15.0. The Balaban J connectivity index is 1.64. The number of aliphatic carboxylic acids is 1. The number of benzene rings is 2. The fraction of sp³-hybridized carbons (Fsp3) is 0.240. The highest BCUT2D eigenvalue weighted by Crippen LogP contribution is 2.41. The van der Waals surface area contributed by atoms with Crippen molar-refractivity contribution < 1.29 is 18.7 Å². The van der Waals surface area contributed by atoms with Crippen molar-refractivity contribution in [3.8, 4) is 0 Å². The molecule has 1 aromatic heterocycles. The third kappa shape index (κ3) is 3.57. The Hall–Kier alpha value is -3.25. The number of hydrogen-bond acceptors (Lipinski definition) is 2. The lowest BCUT2D eigenvalue weighted by Gasteiger charge is -2.38. The number of nitrogens with one attached hydrogen (secondary N) is 1. The minimum atomic E-state index is -1.17. The molecule has 2 heterocycles. The lowest BCUT2D eigenvalue weighted by Crippen LogP contribution is -2.38. The number of aromatic nitrogens is 1. The number of halogens is 2. The van der Waals surface area contributed by atoms with E-state index in [1.54, 1.807) is 0 Å². The number of rotatable bonds is 5. The molecule has 0 fully saturated rings. The summed E-state index contributed by atoms with van der Waals surface area (Å²) in [4.78, 5) is 16.3. The molecule has 31 heavy (non-hydrogen) atoms. The molecule has 0 saturated carbocycles. The van der Waals surface area contributed by atoms with Crippen molar-refractivity contribution in [2.24, 2.45) is 0 Å². The van der Waals surface area contributed by atoms with Crippen LogP contribution in [0.25, 0.3) is 17.0 Å². The van der Waals surface area contributed by atoms with E-state index in [1.807, 2.05) is 24.3 Å². The molecule has 1 atom stereocenters. The third-order valence-electron chi connectivity index (χ3n) is 6.23. The highest BCUT2D eigenvalue weighted by molar-refractivity contribution is 5.86. The number of H-pyrrole nitrogens is 1. The number of allylic oxidation sites excluding steroid dienone is 1. The second kappa shape index (κ2) is 7.78. The zero-order valence-corrected chi connectivity index (χ0v) is 16.9. The van der Waals surface area contributed by atoms with Gasteiger partial charge in [-0.25, -0.2) is 13.6 Å². The summed E-state index contributed by atoms with van der Waals surface area (Å²) in [7, 11) is 0. The number of hydrogen-bond donors (Lipinski definition) is 2. The molecule has 3 aromatic rings. The van der Waals surface area contributed by atoms with Gasteiger partial charge in [-0.3, -0.25) is 4.90 Å². The first-order valence-corrected chi connectivity index (χ1v) is 10.4. The summed E-state index contributed by atoms with van der Waals surface area (Å²) in [6.45, 7) is 1.38. The Labute approximate surface area is 178 Å². The average molecular weight is 420 g/mol. The van der Waals surface area contributed by atoms with E-state index < -0.39 is 23.6 Å². The van der Waals surface area contributed by atoms with Crippen LogP contribution < -0.4 is 0 Å². The minimum absolute atomic E-state index is 0.0000883. The lowest BCUT2D eigenvalue weighted by molar-refractivity contribution is -0.131. The number of carboxylic acid groups (broad SMARTS) is 1. The zero-order chi connectivity index (χ0) is 21.5. The van der Waals surface area contributed by atoms with Gasteiger partial charge in [0.2, 0.25) is 0 Å². The molecule has 0 saturated heterocycles. The van der Waals surface area contributed by atoms with Gasteiger partial charge in [0.05, 0.1) is 6.04 Å². The van der Waals surface area contributed by atoms with Crippen molar-refractivity contribution in [1.82, 2.24) is 9.88 Å². The van der Waals surface area contributed by atoms with E-state index in [2.05, 4.69) is 16.0 Å². The summed E-state index contributed by atoms with van der Waals surface area (Å²) in [5, 5.41) is 9.90. The molecule has 1 aliphatic heterocycles. The monoisotopic (exact) mass is 420 g/mol. The number of aromatic amines is 1. The van der Waals surface area contributed by atoms with E-state index in [0.717, 1.165) is 47.5 Å². The van der Waals surface area contributed by atoms with Crippen LogP contribution in [0.5, 0.6) is 0 Å². The Bertz CT molecular complexity index is 1220. The predicted octanol–water partition coefficient (Wildman–Crippen LogP) is 5.21. The van der Waals surface area contributed by atoms with Gasteiger partial charge in [-0.15, -0.1) is 0 Å². The third-order valence-corrected chi connectivity index (χ3v) is 6.23. The highest BCUT2D eigenvalue weighted by atomic mass is 19.1. The second-order valence-corrected chi connectivity index (χ2v) is 8.16. The minimum Gasteiger partial charge on any atom is -0.478 e. The maximum atomic E-state index is 15.3. The normalized spacial score (nSPS) is 18.8. The van der Waals surface area contributed by atoms with Crippen molar-refractivity contribution in [2.75, 3.05) is 13.1 Å². The molecular formula is C25H22F2N2O2. The van der Waals surface area contributed by atoms with Gasteiger partial charge in [0.15, 0.2) is 0 Å². The van der Waals surface area contributed by atoms with E-state index in [-0.39, 0.29) is 11.1 Å². The molecule has 2 N–H and O–H groups in total. The molecule has 0 unspecified atom stereocenters. The molecular weight excluding hydrogens is 398 g/mol. The molecule has 1 aliphatic carbocycles. The molecule has 158 valence electrons. The maximum Gasteiger partial charge on any atom is 0.328 e. The Morgan fingerprint density at radius 1 is 1.19 bits per heavy atom. The summed E-state index contributed by atoms with van der Waals surface area (Å²) in [5.41, 5.74) is 4.38. The molecule has 0 spiro atoms. The van der Waals surface area contributed by atoms with Crippen molar-refractivity contribution in [3.63, 3.8) is 0 Å². The van der Waals surface area contributed by atoms with E-state index in [9.17, 15) is 4.79 Å². The summed E-state index contributed by atoms with van der Waals surface area (Å²) >= 11 is 0. The highest BCUT2D eigenvalue weighted by Gasteiger charge is 2.35. The van der Waals surface area contributed by atoms with Gasteiger partial charge in [0, 0.05) is 41.3 Å². The van der Waals surface area contributed by atoms with E-state index >= 15 is 8.78 Å². The van der Waals surface area contributed by atoms with Crippen LogP contribution in [0, 0.1) is 11.6 Å². The molecule has 6 heteroatoms. The van der Waals surface area contributed by atoms with Crippen LogP contribution in [0.15, 0.2) is 54.1 Å². The number of carbonyl (C=O) groups is 1. The van der Waals surface area contributed by atoms with E-state index in [4.69, 9.17) is 5.11 Å². The molecule has 0 radical (unpaired) electrons. The molecule has 0 bridgehead atoms. The molecule has 0 amide bonds. The second-order valence-electron chi connectivity index (χ2n) is 8.16. The predicted molar refractivity (Wildman–Crippen MR) is 116 cm³/mol. The van der Waals surface area contributed by atoms with Crippen LogP contribution in [-0.4, -0.2) is 34.0 Å². The fourth-order valence-electron chi connectivity index (χ4n) is 4.67. The molecule has 4 nitrogen and oxygen atoms in total. The summed E-state index contributed by atoms with van der Waals surface area (Å²) in [6, 6.07) is 9.78. The Kier molecular flexibility index (Phi) is 4.94. The molecule has 2 aliphatic rings. The van der Waals surface area contributed by atoms with Gasteiger partial charge in [0.1, 0.15) is 11.6 Å². The van der Waals surface area contributed by atoms with Crippen LogP contribution in [0.2, 0.25) is 0 Å². The largest absolute Gasteiger partial charge is 0.478 e. The standard InChI is InChI=1S/C25H22F2N2O2/c26-19-12-16(8-9-22(30)31)13-20(27)23(19)25-24-18(17-6-1-2-7-21(17)28-24)10-11-29(25)14-15-4-3-5-15/h1-2,4,6-9,12-13,25,28H,3,5,10-11,14H2,(H,30,31)/b9-8+/t25-/m1/s1. The lowest BCUT2D eigenvalue weighted by atomic mass is 9.89. The zero-order valence-electron chi connectivity index (χ0n) is 16.9. The Morgan fingerprint density at radius 3 is 2.61 bits per heavy atom.